The van der Waals surface area contributed by atoms with Crippen molar-refractivity contribution in [2.24, 2.45) is 7.05 Å². The van der Waals surface area contributed by atoms with Crippen LogP contribution in [0.1, 0.15) is 5.56 Å². The van der Waals surface area contributed by atoms with Crippen LogP contribution < -0.4 is 5.56 Å². The van der Waals surface area contributed by atoms with Crippen LogP contribution in [0, 0.1) is 6.92 Å². The van der Waals surface area contributed by atoms with Crippen LogP contribution in [0.25, 0.3) is 10.9 Å². The molecule has 0 spiro atoms. The molecule has 2 aromatic rings. The van der Waals surface area contributed by atoms with Gasteiger partial charge >= 0.3 is 0 Å². The van der Waals surface area contributed by atoms with Crippen molar-refractivity contribution in [3.8, 4) is 0 Å². The van der Waals surface area contributed by atoms with Crippen LogP contribution in [0.3, 0.4) is 0 Å². The molecule has 0 saturated heterocycles. The molecule has 0 aliphatic rings. The molecule has 1 heterocycles. The van der Waals surface area contributed by atoms with Crippen molar-refractivity contribution in [1.29, 1.82) is 0 Å². The minimum absolute atomic E-state index is 0.0112. The van der Waals surface area contributed by atoms with E-state index in [4.69, 9.17) is 11.6 Å². The summed E-state index contributed by atoms with van der Waals surface area (Å²) < 4.78 is 1.62. The van der Waals surface area contributed by atoms with Crippen LogP contribution in [0.4, 0.5) is 0 Å². The smallest absolute Gasteiger partial charge is 0.250 e. The van der Waals surface area contributed by atoms with Crippen LogP contribution in [0.2, 0.25) is 5.02 Å². The average Bonchev–Trinajstić information content (AvgIpc) is 2.17. The molecule has 0 unspecified atom stereocenters. The molecule has 0 amide bonds. The van der Waals surface area contributed by atoms with Gasteiger partial charge < -0.3 is 4.57 Å². The van der Waals surface area contributed by atoms with E-state index >= 15 is 0 Å². The Morgan fingerprint density at radius 3 is 2.57 bits per heavy atom. The number of pyridine rings is 1. The van der Waals surface area contributed by atoms with E-state index in [0.717, 1.165) is 16.5 Å². The zero-order chi connectivity index (χ0) is 10.3. The van der Waals surface area contributed by atoms with Crippen LogP contribution in [-0.2, 0) is 7.05 Å². The fourth-order valence-electron chi connectivity index (χ4n) is 1.66. The van der Waals surface area contributed by atoms with E-state index < -0.39 is 0 Å². The third-order valence-electron chi connectivity index (χ3n) is 2.47. The van der Waals surface area contributed by atoms with Gasteiger partial charge in [0, 0.05) is 18.1 Å². The molecule has 3 heteroatoms. The van der Waals surface area contributed by atoms with Crippen molar-refractivity contribution in [1.82, 2.24) is 4.57 Å². The average molecular weight is 208 g/mol. The molecule has 0 N–H and O–H groups in total. The lowest BCUT2D eigenvalue weighted by Crippen LogP contribution is -2.15. The molecule has 72 valence electrons. The molecular formula is C11H10ClNO. The number of hydrogen-bond donors (Lipinski definition) is 0. The van der Waals surface area contributed by atoms with Gasteiger partial charge in [0.1, 0.15) is 0 Å². The predicted molar refractivity (Wildman–Crippen MR) is 58.9 cm³/mol. The fourth-order valence-corrected chi connectivity index (χ4v) is 1.81. The summed E-state index contributed by atoms with van der Waals surface area (Å²) in [5, 5.41) is 1.73. The summed E-state index contributed by atoms with van der Waals surface area (Å²) in [6, 6.07) is 7.16. The van der Waals surface area contributed by atoms with Crippen molar-refractivity contribution in [2.45, 2.75) is 6.92 Å². The van der Waals surface area contributed by atoms with E-state index in [1.54, 1.807) is 17.7 Å². The first-order valence-electron chi connectivity index (χ1n) is 4.36. The number of nitrogens with zero attached hydrogens (tertiary/aromatic N) is 1. The first-order valence-corrected chi connectivity index (χ1v) is 4.74. The maximum Gasteiger partial charge on any atom is 0.250 e. The van der Waals surface area contributed by atoms with Gasteiger partial charge in [0.2, 0.25) is 0 Å². The van der Waals surface area contributed by atoms with Crippen LogP contribution >= 0.6 is 11.6 Å². The number of rotatable bonds is 0. The van der Waals surface area contributed by atoms with Gasteiger partial charge in [0.15, 0.2) is 0 Å². The van der Waals surface area contributed by atoms with Gasteiger partial charge in [-0.1, -0.05) is 17.7 Å². The molecule has 0 aliphatic heterocycles. The van der Waals surface area contributed by atoms with Crippen LogP contribution in [0.5, 0.6) is 0 Å². The minimum atomic E-state index is -0.0112. The summed E-state index contributed by atoms with van der Waals surface area (Å²) >= 11 is 6.00. The van der Waals surface area contributed by atoms with Crippen molar-refractivity contribution < 1.29 is 0 Å². The summed E-state index contributed by atoms with van der Waals surface area (Å²) in [6.07, 6.45) is 0. The Bertz CT molecular complexity index is 557. The summed E-state index contributed by atoms with van der Waals surface area (Å²) in [5.74, 6) is 0. The zero-order valence-electron chi connectivity index (χ0n) is 8.04. The van der Waals surface area contributed by atoms with E-state index in [0.29, 0.717) is 5.02 Å². The van der Waals surface area contributed by atoms with Gasteiger partial charge in [-0.05, 0) is 30.0 Å². The Balaban J connectivity index is 3.06. The predicted octanol–water partition coefficient (Wildman–Crippen LogP) is 2.50. The van der Waals surface area contributed by atoms with Crippen LogP contribution in [-0.4, -0.2) is 4.57 Å². The van der Waals surface area contributed by atoms with Gasteiger partial charge in [-0.15, -0.1) is 0 Å². The summed E-state index contributed by atoms with van der Waals surface area (Å²) in [7, 11) is 1.76. The van der Waals surface area contributed by atoms with Gasteiger partial charge in [-0.2, -0.15) is 0 Å². The minimum Gasteiger partial charge on any atom is -0.311 e. The second-order valence-electron chi connectivity index (χ2n) is 3.34. The van der Waals surface area contributed by atoms with E-state index in [9.17, 15) is 4.79 Å². The van der Waals surface area contributed by atoms with Crippen molar-refractivity contribution in [2.75, 3.05) is 0 Å². The first-order chi connectivity index (χ1) is 6.61. The van der Waals surface area contributed by atoms with Gasteiger partial charge in [0.25, 0.3) is 5.56 Å². The lowest BCUT2D eigenvalue weighted by atomic mass is 10.1. The summed E-state index contributed by atoms with van der Waals surface area (Å²) in [4.78, 5) is 11.4. The topological polar surface area (TPSA) is 22.0 Å². The highest BCUT2D eigenvalue weighted by Crippen LogP contribution is 2.23. The number of halogens is 1. The second kappa shape index (κ2) is 3.14. The van der Waals surface area contributed by atoms with E-state index in [1.807, 2.05) is 25.1 Å². The van der Waals surface area contributed by atoms with Crippen molar-refractivity contribution in [3.05, 3.63) is 45.2 Å². The van der Waals surface area contributed by atoms with E-state index in [2.05, 4.69) is 0 Å². The largest absolute Gasteiger partial charge is 0.311 e. The lowest BCUT2D eigenvalue weighted by Gasteiger charge is -2.08. The molecular weight excluding hydrogens is 198 g/mol. The fraction of sp³-hybridized carbons (Fsp3) is 0.182. The van der Waals surface area contributed by atoms with Gasteiger partial charge in [0.05, 0.1) is 5.52 Å². The standard InChI is InChI=1S/C11H10ClNO/c1-7-9(12)5-3-8-4-6-10(14)13(2)11(7)8/h3-6H,1-2H3. The highest BCUT2D eigenvalue weighted by molar-refractivity contribution is 6.32. The van der Waals surface area contributed by atoms with E-state index in [1.165, 1.54) is 0 Å². The molecule has 0 bridgehead atoms. The molecule has 2 rings (SSSR count). The molecule has 2 nitrogen and oxygen atoms in total. The molecule has 0 saturated carbocycles. The maximum atomic E-state index is 11.4. The molecule has 14 heavy (non-hydrogen) atoms. The molecule has 0 radical (unpaired) electrons. The number of hydrogen-bond acceptors (Lipinski definition) is 1. The highest BCUT2D eigenvalue weighted by atomic mass is 35.5. The molecule has 0 atom stereocenters. The quantitative estimate of drug-likeness (QED) is 0.651. The molecule has 0 aliphatic carbocycles. The SMILES string of the molecule is Cc1c(Cl)ccc2ccc(=O)n(C)c12. The van der Waals surface area contributed by atoms with Gasteiger partial charge in [-0.3, -0.25) is 4.79 Å². The Hall–Kier alpha value is -1.28. The molecule has 0 fully saturated rings. The Morgan fingerprint density at radius 2 is 1.86 bits per heavy atom. The van der Waals surface area contributed by atoms with E-state index in [-0.39, 0.29) is 5.56 Å². The number of benzene rings is 1. The summed E-state index contributed by atoms with van der Waals surface area (Å²) in [5.41, 5.74) is 1.84. The number of fused-ring (bicyclic) bond motifs is 1. The number of aryl methyl sites for hydroxylation is 2. The Morgan fingerprint density at radius 1 is 1.21 bits per heavy atom. The molecule has 1 aromatic heterocycles. The summed E-state index contributed by atoms with van der Waals surface area (Å²) in [6.45, 7) is 1.92. The number of aromatic nitrogens is 1. The highest BCUT2D eigenvalue weighted by Gasteiger charge is 2.04. The second-order valence-corrected chi connectivity index (χ2v) is 3.75. The maximum absolute atomic E-state index is 11.4. The normalized spacial score (nSPS) is 10.8. The monoisotopic (exact) mass is 207 g/mol. The van der Waals surface area contributed by atoms with Crippen molar-refractivity contribution >= 4 is 22.5 Å². The third kappa shape index (κ3) is 1.23. The van der Waals surface area contributed by atoms with Crippen molar-refractivity contribution in [3.63, 3.8) is 0 Å². The first kappa shape index (κ1) is 9.28. The zero-order valence-corrected chi connectivity index (χ0v) is 8.80. The Kier molecular flexibility index (Phi) is 2.08. The molecule has 1 aromatic carbocycles. The Labute approximate surface area is 86.7 Å². The lowest BCUT2D eigenvalue weighted by molar-refractivity contribution is 0.902. The third-order valence-corrected chi connectivity index (χ3v) is 2.88. The van der Waals surface area contributed by atoms with Gasteiger partial charge in [-0.25, -0.2) is 0 Å². The van der Waals surface area contributed by atoms with Crippen LogP contribution in [0.15, 0.2) is 29.1 Å².